The molecule has 0 radical (unpaired) electrons. The van der Waals surface area contributed by atoms with E-state index in [4.69, 9.17) is 9.52 Å². The summed E-state index contributed by atoms with van der Waals surface area (Å²) in [5, 5.41) is 11.8. The minimum absolute atomic E-state index is 0.0485. The van der Waals surface area contributed by atoms with Crippen molar-refractivity contribution < 1.29 is 19.1 Å². The molecule has 6 heteroatoms. The third kappa shape index (κ3) is 3.49. The Kier molecular flexibility index (Phi) is 4.09. The van der Waals surface area contributed by atoms with Crippen LogP contribution in [0.2, 0.25) is 0 Å². The van der Waals surface area contributed by atoms with E-state index in [0.29, 0.717) is 25.1 Å². The van der Waals surface area contributed by atoms with Crippen molar-refractivity contribution in [2.75, 3.05) is 7.05 Å². The van der Waals surface area contributed by atoms with Crippen molar-refractivity contribution in [2.45, 2.75) is 31.8 Å². The molecule has 2 N–H and O–H groups in total. The number of aliphatic carboxylic acids is 1. The smallest absolute Gasteiger partial charge is 0.317 e. The van der Waals surface area contributed by atoms with Gasteiger partial charge in [-0.05, 0) is 31.4 Å². The first-order chi connectivity index (χ1) is 9.06. The lowest BCUT2D eigenvalue weighted by Gasteiger charge is -2.20. The number of urea groups is 1. The van der Waals surface area contributed by atoms with Gasteiger partial charge in [0.1, 0.15) is 5.76 Å². The van der Waals surface area contributed by atoms with Gasteiger partial charge in [-0.3, -0.25) is 4.79 Å². The Hall–Kier alpha value is -1.98. The van der Waals surface area contributed by atoms with Crippen LogP contribution in [0.4, 0.5) is 4.79 Å². The van der Waals surface area contributed by atoms with Crippen LogP contribution in [0.3, 0.4) is 0 Å². The zero-order chi connectivity index (χ0) is 13.8. The Balaban J connectivity index is 1.79. The molecule has 2 rings (SSSR count). The maximum atomic E-state index is 11.9. The lowest BCUT2D eigenvalue weighted by molar-refractivity contribution is -0.141. The molecule has 0 bridgehead atoms. The molecule has 1 heterocycles. The van der Waals surface area contributed by atoms with E-state index in [1.165, 1.54) is 4.90 Å². The summed E-state index contributed by atoms with van der Waals surface area (Å²) in [5.41, 5.74) is 0. The van der Waals surface area contributed by atoms with Crippen molar-refractivity contribution in [2.24, 2.45) is 5.92 Å². The number of carboxylic acids is 1. The second-order valence-electron chi connectivity index (χ2n) is 4.93. The van der Waals surface area contributed by atoms with Crippen molar-refractivity contribution in [3.8, 4) is 0 Å². The second-order valence-corrected chi connectivity index (χ2v) is 4.93. The van der Waals surface area contributed by atoms with Crippen LogP contribution in [0.1, 0.15) is 25.0 Å². The van der Waals surface area contributed by atoms with E-state index in [1.807, 2.05) is 0 Å². The number of hydrogen-bond donors (Lipinski definition) is 2. The molecule has 1 aromatic rings. The molecule has 19 heavy (non-hydrogen) atoms. The van der Waals surface area contributed by atoms with E-state index in [0.717, 1.165) is 6.42 Å². The largest absolute Gasteiger partial charge is 0.481 e. The Labute approximate surface area is 111 Å². The molecule has 1 aromatic heterocycles. The van der Waals surface area contributed by atoms with Gasteiger partial charge in [0.05, 0.1) is 18.7 Å². The van der Waals surface area contributed by atoms with Gasteiger partial charge in [-0.15, -0.1) is 0 Å². The molecule has 0 saturated heterocycles. The number of rotatable bonds is 4. The molecule has 1 aliphatic carbocycles. The highest BCUT2D eigenvalue weighted by atomic mass is 16.4. The van der Waals surface area contributed by atoms with Crippen molar-refractivity contribution >= 4 is 12.0 Å². The molecule has 2 unspecified atom stereocenters. The number of nitrogens with one attached hydrogen (secondary N) is 1. The third-order valence-corrected chi connectivity index (χ3v) is 3.43. The Morgan fingerprint density at radius 1 is 1.53 bits per heavy atom. The molecule has 2 atom stereocenters. The van der Waals surface area contributed by atoms with Crippen LogP contribution in [-0.2, 0) is 11.3 Å². The van der Waals surface area contributed by atoms with Gasteiger partial charge in [0.15, 0.2) is 0 Å². The van der Waals surface area contributed by atoms with Gasteiger partial charge in [0, 0.05) is 13.1 Å². The quantitative estimate of drug-likeness (QED) is 0.868. The lowest BCUT2D eigenvalue weighted by atomic mass is 10.1. The lowest BCUT2D eigenvalue weighted by Crippen LogP contribution is -2.41. The van der Waals surface area contributed by atoms with Crippen LogP contribution in [-0.4, -0.2) is 35.1 Å². The van der Waals surface area contributed by atoms with Crippen LogP contribution >= 0.6 is 0 Å². The topological polar surface area (TPSA) is 82.8 Å². The van der Waals surface area contributed by atoms with Crippen LogP contribution < -0.4 is 5.32 Å². The van der Waals surface area contributed by atoms with E-state index < -0.39 is 5.97 Å². The fourth-order valence-corrected chi connectivity index (χ4v) is 2.33. The van der Waals surface area contributed by atoms with Crippen molar-refractivity contribution in [1.29, 1.82) is 0 Å². The van der Waals surface area contributed by atoms with Crippen molar-refractivity contribution in [3.05, 3.63) is 24.2 Å². The summed E-state index contributed by atoms with van der Waals surface area (Å²) < 4.78 is 5.17. The fraction of sp³-hybridized carbons (Fsp3) is 0.538. The monoisotopic (exact) mass is 266 g/mol. The van der Waals surface area contributed by atoms with Crippen LogP contribution in [0.25, 0.3) is 0 Å². The molecule has 1 saturated carbocycles. The fourth-order valence-electron chi connectivity index (χ4n) is 2.33. The number of carbonyl (C=O) groups excluding carboxylic acids is 1. The summed E-state index contributed by atoms with van der Waals surface area (Å²) in [7, 11) is 1.68. The first-order valence-electron chi connectivity index (χ1n) is 6.33. The van der Waals surface area contributed by atoms with E-state index >= 15 is 0 Å². The summed E-state index contributed by atoms with van der Waals surface area (Å²) in [6, 6.07) is 3.33. The number of carbonyl (C=O) groups is 2. The zero-order valence-electron chi connectivity index (χ0n) is 10.8. The minimum atomic E-state index is -0.777. The molecule has 2 amide bonds. The average Bonchev–Trinajstić information content (AvgIpc) is 2.99. The van der Waals surface area contributed by atoms with Gasteiger partial charge in [0.25, 0.3) is 0 Å². The maximum Gasteiger partial charge on any atom is 0.317 e. The summed E-state index contributed by atoms with van der Waals surface area (Å²) in [5.74, 6) is -0.395. The summed E-state index contributed by atoms with van der Waals surface area (Å²) in [6.45, 7) is 0.397. The maximum absolute atomic E-state index is 11.9. The predicted molar refractivity (Wildman–Crippen MR) is 67.5 cm³/mol. The Morgan fingerprint density at radius 2 is 2.32 bits per heavy atom. The Bertz CT molecular complexity index is 444. The molecule has 1 aliphatic rings. The molecule has 104 valence electrons. The standard InChI is InChI=1S/C13H18N2O4/c1-15(8-11-3-2-6-19-11)13(18)14-10-5-4-9(7-10)12(16)17/h2-3,6,9-10H,4-5,7-8H2,1H3,(H,14,18)(H,16,17). The summed E-state index contributed by atoms with van der Waals surface area (Å²) >= 11 is 0. The summed E-state index contributed by atoms with van der Waals surface area (Å²) in [6.07, 6.45) is 3.42. The van der Waals surface area contributed by atoms with Crippen LogP contribution in [0.5, 0.6) is 0 Å². The zero-order valence-corrected chi connectivity index (χ0v) is 10.8. The van der Waals surface area contributed by atoms with Gasteiger partial charge in [-0.25, -0.2) is 4.79 Å². The molecule has 0 spiro atoms. The number of carboxylic acid groups (broad SMARTS) is 1. The molecule has 1 fully saturated rings. The third-order valence-electron chi connectivity index (χ3n) is 3.43. The highest BCUT2D eigenvalue weighted by Gasteiger charge is 2.31. The van der Waals surface area contributed by atoms with Crippen molar-refractivity contribution in [3.63, 3.8) is 0 Å². The average molecular weight is 266 g/mol. The van der Waals surface area contributed by atoms with E-state index in [1.54, 1.807) is 25.4 Å². The van der Waals surface area contributed by atoms with Crippen LogP contribution in [0.15, 0.2) is 22.8 Å². The molecular weight excluding hydrogens is 248 g/mol. The van der Waals surface area contributed by atoms with Gasteiger partial charge in [-0.1, -0.05) is 0 Å². The summed E-state index contributed by atoms with van der Waals surface area (Å²) in [4.78, 5) is 24.3. The van der Waals surface area contributed by atoms with E-state index in [2.05, 4.69) is 5.32 Å². The predicted octanol–water partition coefficient (Wildman–Crippen LogP) is 1.67. The van der Waals surface area contributed by atoms with Gasteiger partial charge >= 0.3 is 12.0 Å². The number of nitrogens with zero attached hydrogens (tertiary/aromatic N) is 1. The van der Waals surface area contributed by atoms with Gasteiger partial charge < -0.3 is 19.7 Å². The SMILES string of the molecule is CN(Cc1ccco1)C(=O)NC1CCC(C(=O)O)C1. The van der Waals surface area contributed by atoms with Crippen molar-refractivity contribution in [1.82, 2.24) is 10.2 Å². The molecular formula is C13H18N2O4. The first kappa shape index (κ1) is 13.5. The first-order valence-corrected chi connectivity index (χ1v) is 6.33. The number of furan rings is 1. The Morgan fingerprint density at radius 3 is 2.89 bits per heavy atom. The van der Waals surface area contributed by atoms with Gasteiger partial charge in [0.2, 0.25) is 0 Å². The molecule has 0 aliphatic heterocycles. The number of amides is 2. The highest BCUT2D eigenvalue weighted by Crippen LogP contribution is 2.25. The normalized spacial score (nSPS) is 22.2. The second kappa shape index (κ2) is 5.77. The van der Waals surface area contributed by atoms with Gasteiger partial charge in [-0.2, -0.15) is 0 Å². The highest BCUT2D eigenvalue weighted by molar-refractivity contribution is 5.75. The van der Waals surface area contributed by atoms with Crippen LogP contribution in [0, 0.1) is 5.92 Å². The van der Waals surface area contributed by atoms with E-state index in [-0.39, 0.29) is 18.0 Å². The molecule has 6 nitrogen and oxygen atoms in total. The minimum Gasteiger partial charge on any atom is -0.481 e. The number of hydrogen-bond acceptors (Lipinski definition) is 3. The molecule has 0 aromatic carbocycles. The van der Waals surface area contributed by atoms with E-state index in [9.17, 15) is 9.59 Å².